The summed E-state index contributed by atoms with van der Waals surface area (Å²) < 4.78 is 0. The Bertz CT molecular complexity index is 410. The fourth-order valence-corrected chi connectivity index (χ4v) is 2.46. The second-order valence-electron chi connectivity index (χ2n) is 4.42. The monoisotopic (exact) mass is 206 g/mol. The first kappa shape index (κ1) is 9.65. The van der Waals surface area contributed by atoms with Crippen LogP contribution >= 0.6 is 0 Å². The lowest BCUT2D eigenvalue weighted by Crippen LogP contribution is -2.35. The van der Waals surface area contributed by atoms with E-state index in [0.717, 1.165) is 12.8 Å². The van der Waals surface area contributed by atoms with Gasteiger partial charge in [-0.2, -0.15) is 0 Å². The SMILES string of the molecule is [C]1CC(c2ccccc2)(c2ccccc2)C1. The second kappa shape index (κ2) is 3.79. The van der Waals surface area contributed by atoms with E-state index in [-0.39, 0.29) is 5.41 Å². The van der Waals surface area contributed by atoms with Crippen LogP contribution in [0, 0.1) is 6.42 Å². The van der Waals surface area contributed by atoms with Crippen molar-refractivity contribution in [3.63, 3.8) is 0 Å². The van der Waals surface area contributed by atoms with Crippen LogP contribution in [0.3, 0.4) is 0 Å². The second-order valence-corrected chi connectivity index (χ2v) is 4.42. The molecule has 0 spiro atoms. The molecular formula is C16H14. The van der Waals surface area contributed by atoms with Gasteiger partial charge in [0.15, 0.2) is 0 Å². The zero-order valence-corrected chi connectivity index (χ0v) is 9.19. The van der Waals surface area contributed by atoms with Crippen LogP contribution in [0.4, 0.5) is 0 Å². The highest BCUT2D eigenvalue weighted by atomic mass is 14.4. The van der Waals surface area contributed by atoms with E-state index in [9.17, 15) is 0 Å². The van der Waals surface area contributed by atoms with Crippen molar-refractivity contribution < 1.29 is 0 Å². The fraction of sp³-hybridized carbons (Fsp3) is 0.188. The van der Waals surface area contributed by atoms with Gasteiger partial charge in [0.2, 0.25) is 0 Å². The Labute approximate surface area is 96.9 Å². The molecule has 78 valence electrons. The summed E-state index contributed by atoms with van der Waals surface area (Å²) in [5.41, 5.74) is 3.03. The normalized spacial score (nSPS) is 17.8. The summed E-state index contributed by atoms with van der Waals surface area (Å²) in [7, 11) is 0. The molecule has 2 radical (unpaired) electrons. The van der Waals surface area contributed by atoms with Gasteiger partial charge in [0.05, 0.1) is 0 Å². The van der Waals surface area contributed by atoms with Crippen LogP contribution in [0.5, 0.6) is 0 Å². The number of benzene rings is 2. The highest BCUT2D eigenvalue weighted by molar-refractivity contribution is 5.43. The molecule has 0 atom stereocenters. The molecule has 0 bridgehead atoms. The van der Waals surface area contributed by atoms with Crippen molar-refractivity contribution in [2.45, 2.75) is 18.3 Å². The standard InChI is InChI=1S/C16H14/c1-3-8-14(9-4-1)16(12-7-13-16)15-10-5-2-6-11-15/h1-6,8-11H,12-13H2. The highest BCUT2D eigenvalue weighted by Crippen LogP contribution is 2.48. The molecule has 0 heteroatoms. The van der Waals surface area contributed by atoms with Gasteiger partial charge in [-0.1, -0.05) is 60.7 Å². The Morgan fingerprint density at radius 1 is 0.688 bits per heavy atom. The first-order chi connectivity index (χ1) is 7.92. The van der Waals surface area contributed by atoms with Gasteiger partial charge >= 0.3 is 0 Å². The number of hydrogen-bond donors (Lipinski definition) is 0. The molecule has 0 unspecified atom stereocenters. The fourth-order valence-electron chi connectivity index (χ4n) is 2.46. The molecule has 3 rings (SSSR count). The van der Waals surface area contributed by atoms with E-state index in [2.05, 4.69) is 67.1 Å². The van der Waals surface area contributed by atoms with Crippen LogP contribution in [0.25, 0.3) is 0 Å². The van der Waals surface area contributed by atoms with E-state index >= 15 is 0 Å². The van der Waals surface area contributed by atoms with Crippen LogP contribution in [0.1, 0.15) is 24.0 Å². The van der Waals surface area contributed by atoms with Gasteiger partial charge in [0.25, 0.3) is 0 Å². The molecule has 0 amide bonds. The quantitative estimate of drug-likeness (QED) is 0.700. The molecule has 0 saturated heterocycles. The Morgan fingerprint density at radius 2 is 1.12 bits per heavy atom. The van der Waals surface area contributed by atoms with Gasteiger partial charge in [-0.25, -0.2) is 0 Å². The molecule has 1 aliphatic carbocycles. The Balaban J connectivity index is 2.08. The van der Waals surface area contributed by atoms with Crippen molar-refractivity contribution in [3.8, 4) is 0 Å². The average Bonchev–Trinajstić information content (AvgIpc) is 2.31. The van der Waals surface area contributed by atoms with Gasteiger partial charge in [0, 0.05) is 5.41 Å². The summed E-state index contributed by atoms with van der Waals surface area (Å²) >= 11 is 0. The average molecular weight is 206 g/mol. The van der Waals surface area contributed by atoms with Crippen LogP contribution in [0.15, 0.2) is 60.7 Å². The van der Waals surface area contributed by atoms with Gasteiger partial charge in [0.1, 0.15) is 0 Å². The van der Waals surface area contributed by atoms with Gasteiger partial charge in [-0.15, -0.1) is 0 Å². The smallest absolute Gasteiger partial charge is 0.0214 e. The Hall–Kier alpha value is -1.56. The maximum Gasteiger partial charge on any atom is 0.0214 e. The topological polar surface area (TPSA) is 0 Å². The van der Waals surface area contributed by atoms with Crippen LogP contribution in [0.2, 0.25) is 0 Å². The molecule has 0 N–H and O–H groups in total. The van der Waals surface area contributed by atoms with Crippen molar-refractivity contribution in [2.24, 2.45) is 0 Å². The minimum Gasteiger partial charge on any atom is -0.0622 e. The third-order valence-electron chi connectivity index (χ3n) is 3.51. The predicted molar refractivity (Wildman–Crippen MR) is 66.1 cm³/mol. The van der Waals surface area contributed by atoms with Crippen molar-refractivity contribution in [3.05, 3.63) is 78.2 Å². The molecule has 2 aromatic rings. The first-order valence-corrected chi connectivity index (χ1v) is 5.74. The van der Waals surface area contributed by atoms with E-state index in [0.29, 0.717) is 0 Å². The maximum atomic E-state index is 3.40. The molecule has 16 heavy (non-hydrogen) atoms. The largest absolute Gasteiger partial charge is 0.0622 e. The molecule has 1 aliphatic rings. The van der Waals surface area contributed by atoms with E-state index in [1.54, 1.807) is 0 Å². The molecule has 0 nitrogen and oxygen atoms in total. The lowest BCUT2D eigenvalue weighted by molar-refractivity contribution is 0.394. The summed E-state index contributed by atoms with van der Waals surface area (Å²) in [4.78, 5) is 0. The molecule has 1 fully saturated rings. The van der Waals surface area contributed by atoms with Gasteiger partial charge < -0.3 is 0 Å². The van der Waals surface area contributed by atoms with Gasteiger partial charge in [-0.3, -0.25) is 0 Å². The van der Waals surface area contributed by atoms with E-state index in [4.69, 9.17) is 0 Å². The van der Waals surface area contributed by atoms with Crippen molar-refractivity contribution in [1.82, 2.24) is 0 Å². The lowest BCUT2D eigenvalue weighted by Gasteiger charge is -2.42. The molecule has 2 aromatic carbocycles. The zero-order chi connectivity index (χ0) is 10.8. The number of hydrogen-bond acceptors (Lipinski definition) is 0. The molecule has 0 aromatic heterocycles. The van der Waals surface area contributed by atoms with E-state index in [1.165, 1.54) is 11.1 Å². The van der Waals surface area contributed by atoms with Crippen molar-refractivity contribution in [2.75, 3.05) is 0 Å². The minimum atomic E-state index is 0.197. The predicted octanol–water partition coefficient (Wildman–Crippen LogP) is 3.85. The van der Waals surface area contributed by atoms with Crippen LogP contribution < -0.4 is 0 Å². The Kier molecular flexibility index (Phi) is 2.28. The summed E-state index contributed by atoms with van der Waals surface area (Å²) in [5, 5.41) is 0. The molecule has 1 saturated carbocycles. The van der Waals surface area contributed by atoms with Crippen LogP contribution in [-0.2, 0) is 5.41 Å². The summed E-state index contributed by atoms with van der Waals surface area (Å²) in [6, 6.07) is 21.6. The van der Waals surface area contributed by atoms with Gasteiger partial charge in [-0.05, 0) is 30.4 Å². The third-order valence-corrected chi connectivity index (χ3v) is 3.51. The molecule has 0 heterocycles. The number of rotatable bonds is 2. The minimum absolute atomic E-state index is 0.197. The highest BCUT2D eigenvalue weighted by Gasteiger charge is 2.40. The summed E-state index contributed by atoms with van der Waals surface area (Å²) in [6.45, 7) is 0. The van der Waals surface area contributed by atoms with E-state index in [1.807, 2.05) is 0 Å². The molecule has 0 aliphatic heterocycles. The lowest BCUT2D eigenvalue weighted by atomic mass is 9.61. The summed E-state index contributed by atoms with van der Waals surface area (Å²) in [6.07, 6.45) is 5.48. The van der Waals surface area contributed by atoms with Crippen molar-refractivity contribution >= 4 is 0 Å². The first-order valence-electron chi connectivity index (χ1n) is 5.74. The van der Waals surface area contributed by atoms with E-state index < -0.39 is 0 Å². The summed E-state index contributed by atoms with van der Waals surface area (Å²) in [5.74, 6) is 0. The maximum absolute atomic E-state index is 3.40. The Morgan fingerprint density at radius 3 is 1.44 bits per heavy atom. The molecular weight excluding hydrogens is 192 g/mol. The van der Waals surface area contributed by atoms with Crippen molar-refractivity contribution in [1.29, 1.82) is 0 Å². The third kappa shape index (κ3) is 1.37. The van der Waals surface area contributed by atoms with Crippen LogP contribution in [-0.4, -0.2) is 0 Å². The zero-order valence-electron chi connectivity index (χ0n) is 9.19.